The molecule has 0 fully saturated rings. The smallest absolute Gasteiger partial charge is 0.267 e. The van der Waals surface area contributed by atoms with E-state index in [1.165, 1.54) is 5.56 Å². The van der Waals surface area contributed by atoms with E-state index in [9.17, 15) is 4.79 Å². The molecule has 1 aromatic heterocycles. The Morgan fingerprint density at radius 2 is 2.14 bits per heavy atom. The van der Waals surface area contributed by atoms with Gasteiger partial charge in [-0.25, -0.2) is 0 Å². The molecule has 2 rings (SSSR count). The number of aromatic nitrogens is 1. The second-order valence-corrected chi connectivity index (χ2v) is 5.65. The van der Waals surface area contributed by atoms with Gasteiger partial charge in [0.05, 0.1) is 0 Å². The Morgan fingerprint density at radius 3 is 2.86 bits per heavy atom. The Balaban J connectivity index is 2.01. The van der Waals surface area contributed by atoms with E-state index in [0.717, 1.165) is 30.2 Å². The van der Waals surface area contributed by atoms with Crippen LogP contribution in [0.5, 0.6) is 0 Å². The van der Waals surface area contributed by atoms with E-state index in [4.69, 9.17) is 5.11 Å². The summed E-state index contributed by atoms with van der Waals surface area (Å²) in [5, 5.41) is 13.1. The van der Waals surface area contributed by atoms with Crippen molar-refractivity contribution in [3.63, 3.8) is 0 Å². The van der Waals surface area contributed by atoms with Crippen molar-refractivity contribution in [3.8, 4) is 0 Å². The highest BCUT2D eigenvalue weighted by atomic mass is 16.3. The molecule has 0 saturated heterocycles. The van der Waals surface area contributed by atoms with Crippen molar-refractivity contribution in [2.75, 3.05) is 13.2 Å². The van der Waals surface area contributed by atoms with Gasteiger partial charge in [-0.05, 0) is 43.4 Å². The molecular formula is C17H24N2O2. The van der Waals surface area contributed by atoms with Crippen LogP contribution in [0.4, 0.5) is 0 Å². The van der Waals surface area contributed by atoms with E-state index in [1.807, 2.05) is 31.2 Å². The number of aliphatic hydroxyl groups excluding tert-OH is 1. The van der Waals surface area contributed by atoms with Crippen LogP contribution in [-0.2, 0) is 0 Å². The number of rotatable bonds is 7. The van der Waals surface area contributed by atoms with Crippen molar-refractivity contribution in [1.29, 1.82) is 0 Å². The standard InChI is InChI=1S/C17H24N2O2/c1-3-4-13(7-8-20)11-18-17(21)16-10-14-6-5-12(2)9-15(14)19-16/h5-6,9-10,13,19-20H,3-4,7-8,11H2,1-2H3,(H,18,21). The van der Waals surface area contributed by atoms with Gasteiger partial charge in [-0.2, -0.15) is 0 Å². The number of aryl methyl sites for hydroxylation is 1. The van der Waals surface area contributed by atoms with Crippen molar-refractivity contribution in [2.45, 2.75) is 33.1 Å². The Bertz CT molecular complexity index is 598. The van der Waals surface area contributed by atoms with Crippen molar-refractivity contribution < 1.29 is 9.90 Å². The Kier molecular flexibility index (Phi) is 5.39. The van der Waals surface area contributed by atoms with Gasteiger partial charge in [0.25, 0.3) is 5.91 Å². The molecule has 1 unspecified atom stereocenters. The van der Waals surface area contributed by atoms with Gasteiger partial charge >= 0.3 is 0 Å². The van der Waals surface area contributed by atoms with Crippen molar-refractivity contribution in [2.24, 2.45) is 5.92 Å². The molecule has 4 nitrogen and oxygen atoms in total. The molecule has 0 aliphatic carbocycles. The maximum atomic E-state index is 12.2. The molecule has 0 radical (unpaired) electrons. The zero-order valence-corrected chi connectivity index (χ0v) is 12.8. The number of carbonyl (C=O) groups excluding carboxylic acids is 1. The molecule has 114 valence electrons. The molecule has 0 saturated carbocycles. The van der Waals surface area contributed by atoms with E-state index in [2.05, 4.69) is 17.2 Å². The molecule has 3 N–H and O–H groups in total. The number of benzene rings is 1. The molecule has 1 heterocycles. The first-order chi connectivity index (χ1) is 10.1. The van der Waals surface area contributed by atoms with Crippen LogP contribution in [0.3, 0.4) is 0 Å². The maximum Gasteiger partial charge on any atom is 0.267 e. The van der Waals surface area contributed by atoms with Gasteiger partial charge < -0.3 is 15.4 Å². The van der Waals surface area contributed by atoms with Crippen LogP contribution in [-0.4, -0.2) is 29.1 Å². The number of aromatic amines is 1. The monoisotopic (exact) mass is 288 g/mol. The minimum atomic E-state index is -0.0807. The summed E-state index contributed by atoms with van der Waals surface area (Å²) < 4.78 is 0. The van der Waals surface area contributed by atoms with Crippen LogP contribution >= 0.6 is 0 Å². The van der Waals surface area contributed by atoms with Crippen LogP contribution in [0.2, 0.25) is 0 Å². The first-order valence-electron chi connectivity index (χ1n) is 7.62. The van der Waals surface area contributed by atoms with Gasteiger partial charge in [-0.15, -0.1) is 0 Å². The van der Waals surface area contributed by atoms with Gasteiger partial charge in [0.15, 0.2) is 0 Å². The molecular weight excluding hydrogens is 264 g/mol. The molecule has 1 aromatic carbocycles. The number of carbonyl (C=O) groups is 1. The lowest BCUT2D eigenvalue weighted by molar-refractivity contribution is 0.0938. The summed E-state index contributed by atoms with van der Waals surface area (Å²) in [6.45, 7) is 4.93. The van der Waals surface area contributed by atoms with Crippen molar-refractivity contribution in [1.82, 2.24) is 10.3 Å². The predicted molar refractivity (Wildman–Crippen MR) is 85.5 cm³/mol. The van der Waals surface area contributed by atoms with Gasteiger partial charge in [-0.1, -0.05) is 25.5 Å². The Morgan fingerprint density at radius 1 is 1.33 bits per heavy atom. The molecule has 21 heavy (non-hydrogen) atoms. The largest absolute Gasteiger partial charge is 0.396 e. The quantitative estimate of drug-likeness (QED) is 0.733. The summed E-state index contributed by atoms with van der Waals surface area (Å²) in [5.74, 6) is 0.262. The fourth-order valence-electron chi connectivity index (χ4n) is 2.63. The zero-order chi connectivity index (χ0) is 15.2. The minimum absolute atomic E-state index is 0.0807. The second-order valence-electron chi connectivity index (χ2n) is 5.65. The normalized spacial score (nSPS) is 12.5. The fourth-order valence-corrected chi connectivity index (χ4v) is 2.63. The molecule has 0 aliphatic heterocycles. The molecule has 4 heteroatoms. The van der Waals surface area contributed by atoms with Gasteiger partial charge in [0.2, 0.25) is 0 Å². The first-order valence-corrected chi connectivity index (χ1v) is 7.62. The van der Waals surface area contributed by atoms with Crippen LogP contribution in [0.25, 0.3) is 10.9 Å². The second kappa shape index (κ2) is 7.27. The Labute approximate surface area is 125 Å². The van der Waals surface area contributed by atoms with Crippen molar-refractivity contribution in [3.05, 3.63) is 35.5 Å². The van der Waals surface area contributed by atoms with E-state index in [-0.39, 0.29) is 12.5 Å². The Hall–Kier alpha value is -1.81. The summed E-state index contributed by atoms with van der Waals surface area (Å²) in [5.41, 5.74) is 2.75. The number of hydrogen-bond acceptors (Lipinski definition) is 2. The van der Waals surface area contributed by atoms with Crippen LogP contribution in [0.15, 0.2) is 24.3 Å². The highest BCUT2D eigenvalue weighted by molar-refractivity contribution is 5.98. The van der Waals surface area contributed by atoms with Gasteiger partial charge in [0.1, 0.15) is 5.69 Å². The number of hydrogen-bond donors (Lipinski definition) is 3. The first kappa shape index (κ1) is 15.6. The van der Waals surface area contributed by atoms with Crippen LogP contribution in [0.1, 0.15) is 42.2 Å². The van der Waals surface area contributed by atoms with Gasteiger partial charge in [-0.3, -0.25) is 4.79 Å². The van der Waals surface area contributed by atoms with E-state index in [0.29, 0.717) is 18.2 Å². The molecule has 0 spiro atoms. The predicted octanol–water partition coefficient (Wildman–Crippen LogP) is 3.00. The third-order valence-electron chi connectivity index (χ3n) is 3.81. The highest BCUT2D eigenvalue weighted by Crippen LogP contribution is 2.17. The molecule has 0 bridgehead atoms. The summed E-state index contributed by atoms with van der Waals surface area (Å²) in [6.07, 6.45) is 2.82. The SMILES string of the molecule is CCCC(CCO)CNC(=O)c1cc2ccc(C)cc2[nH]1. The lowest BCUT2D eigenvalue weighted by Gasteiger charge is -2.15. The fraction of sp³-hybridized carbons (Fsp3) is 0.471. The lowest BCUT2D eigenvalue weighted by atomic mass is 10.0. The summed E-state index contributed by atoms with van der Waals surface area (Å²) in [6, 6.07) is 7.97. The zero-order valence-electron chi connectivity index (χ0n) is 12.8. The van der Waals surface area contributed by atoms with E-state index >= 15 is 0 Å². The average Bonchev–Trinajstić information content (AvgIpc) is 2.88. The number of H-pyrrole nitrogens is 1. The third kappa shape index (κ3) is 4.08. The third-order valence-corrected chi connectivity index (χ3v) is 3.81. The van der Waals surface area contributed by atoms with E-state index < -0.39 is 0 Å². The number of aliphatic hydroxyl groups is 1. The van der Waals surface area contributed by atoms with E-state index in [1.54, 1.807) is 0 Å². The molecule has 1 atom stereocenters. The van der Waals surface area contributed by atoms with Crippen LogP contribution < -0.4 is 5.32 Å². The number of nitrogens with one attached hydrogen (secondary N) is 2. The molecule has 1 amide bonds. The minimum Gasteiger partial charge on any atom is -0.396 e. The number of amides is 1. The number of fused-ring (bicyclic) bond motifs is 1. The summed E-state index contributed by atoms with van der Waals surface area (Å²) in [7, 11) is 0. The topological polar surface area (TPSA) is 65.1 Å². The average molecular weight is 288 g/mol. The summed E-state index contributed by atoms with van der Waals surface area (Å²) in [4.78, 5) is 15.4. The summed E-state index contributed by atoms with van der Waals surface area (Å²) >= 11 is 0. The highest BCUT2D eigenvalue weighted by Gasteiger charge is 2.12. The van der Waals surface area contributed by atoms with Gasteiger partial charge in [0, 0.05) is 24.1 Å². The van der Waals surface area contributed by atoms with Crippen molar-refractivity contribution >= 4 is 16.8 Å². The molecule has 0 aliphatic rings. The van der Waals surface area contributed by atoms with Crippen LogP contribution in [0, 0.1) is 12.8 Å². The molecule has 2 aromatic rings. The maximum absolute atomic E-state index is 12.2. The lowest BCUT2D eigenvalue weighted by Crippen LogP contribution is -2.30.